The molecule has 10 heteroatoms. The molecule has 0 aromatic rings. The number of likely N-dealkylation sites (N-methyl/N-ethyl adjacent to an activating group) is 1. The van der Waals surface area contributed by atoms with Crippen LogP contribution in [0.3, 0.4) is 0 Å². The summed E-state index contributed by atoms with van der Waals surface area (Å²) in [7, 11) is 1.44. The zero-order valence-electron chi connectivity index (χ0n) is 12.2. The zero-order chi connectivity index (χ0) is 16.0. The van der Waals surface area contributed by atoms with Crippen LogP contribution in [0.1, 0.15) is 13.8 Å². The molecule has 0 spiro atoms. The van der Waals surface area contributed by atoms with E-state index in [1.54, 1.807) is 0 Å². The molecule has 0 rings (SSSR count). The fourth-order valence-corrected chi connectivity index (χ4v) is 0.903. The molecule has 0 aromatic heterocycles. The molecule has 4 N–H and O–H groups in total. The largest absolute Gasteiger partial charge is 0.783 e. The Balaban J connectivity index is -0.00000103. The van der Waals surface area contributed by atoms with Crippen molar-refractivity contribution in [1.82, 2.24) is 21.3 Å². The molecule has 0 saturated carbocycles. The maximum atomic E-state index is 11.2. The predicted octanol–water partition coefficient (Wildman–Crippen LogP) is -2.35. The number of carbonyl (C=O) groups is 4. The fourth-order valence-electron chi connectivity index (χ4n) is 0.801. The van der Waals surface area contributed by atoms with Gasteiger partial charge in [-0.15, -0.1) is 0 Å². The van der Waals surface area contributed by atoms with Gasteiger partial charge in [0.05, 0.1) is 19.6 Å². The smallest absolute Gasteiger partial charge is 0.239 e. The van der Waals surface area contributed by atoms with Crippen molar-refractivity contribution in [2.75, 3.05) is 32.4 Å². The first-order chi connectivity index (χ1) is 9.49. The van der Waals surface area contributed by atoms with Gasteiger partial charge >= 0.3 is 0 Å². The Bertz CT molecular complexity index is 310. The van der Waals surface area contributed by atoms with Gasteiger partial charge in [-0.25, -0.2) is 0 Å². The van der Waals surface area contributed by atoms with Crippen LogP contribution in [0.4, 0.5) is 0 Å². The second kappa shape index (κ2) is 16.9. The van der Waals surface area contributed by atoms with Gasteiger partial charge in [0.2, 0.25) is 17.7 Å². The van der Waals surface area contributed by atoms with Crippen LogP contribution in [0.2, 0.25) is 0 Å². The van der Waals surface area contributed by atoms with Crippen molar-refractivity contribution in [3.05, 3.63) is 0 Å². The van der Waals surface area contributed by atoms with E-state index in [-0.39, 0.29) is 51.4 Å². The molecule has 0 aliphatic heterocycles. The van der Waals surface area contributed by atoms with Crippen LogP contribution in [0.15, 0.2) is 0 Å². The summed E-state index contributed by atoms with van der Waals surface area (Å²) >= 11 is 4.46. The van der Waals surface area contributed by atoms with Crippen LogP contribution < -0.4 is 21.3 Å². The fraction of sp³-hybridized carbons (Fsp3) is 0.636. The van der Waals surface area contributed by atoms with Crippen LogP contribution in [0.25, 0.3) is 0 Å². The van der Waals surface area contributed by atoms with Crippen molar-refractivity contribution in [3.8, 4) is 0 Å². The van der Waals surface area contributed by atoms with Crippen molar-refractivity contribution >= 4 is 36.3 Å². The maximum Gasteiger partial charge on any atom is 0.239 e. The molecule has 0 bridgehead atoms. The number of rotatable bonds is 7. The molecule has 0 atom stereocenters. The summed E-state index contributed by atoms with van der Waals surface area (Å²) in [6.45, 7) is 3.34. The SMILES string of the molecule is CC.CNC(=O)CNC(=O)CNC(=O)CNC(=O)C[S-].[Ir]. The average Bonchev–Trinajstić information content (AvgIpc) is 2.49. The van der Waals surface area contributed by atoms with E-state index in [0.717, 1.165) is 0 Å². The van der Waals surface area contributed by atoms with E-state index in [9.17, 15) is 19.2 Å². The van der Waals surface area contributed by atoms with Crippen LogP contribution >= 0.6 is 0 Å². The summed E-state index contributed by atoms with van der Waals surface area (Å²) in [4.78, 5) is 43.8. The summed E-state index contributed by atoms with van der Waals surface area (Å²) in [6.07, 6.45) is 0. The van der Waals surface area contributed by atoms with Gasteiger partial charge < -0.3 is 33.9 Å². The van der Waals surface area contributed by atoms with Gasteiger partial charge in [0.15, 0.2) is 5.91 Å². The third-order valence-corrected chi connectivity index (χ3v) is 2.01. The van der Waals surface area contributed by atoms with E-state index >= 15 is 0 Å². The Morgan fingerprint density at radius 2 is 1.10 bits per heavy atom. The molecule has 0 saturated heterocycles. The minimum atomic E-state index is -0.512. The minimum absolute atomic E-state index is 0. The first-order valence-corrected chi connectivity index (χ1v) is 6.66. The second-order valence-corrected chi connectivity index (χ2v) is 3.44. The maximum absolute atomic E-state index is 11.2. The van der Waals surface area contributed by atoms with Crippen LogP contribution in [-0.2, 0) is 51.9 Å². The Hall–Kier alpha value is -1.12. The van der Waals surface area contributed by atoms with Crippen molar-refractivity contribution in [1.29, 1.82) is 0 Å². The summed E-state index contributed by atoms with van der Waals surface area (Å²) in [6, 6.07) is 0. The van der Waals surface area contributed by atoms with Crippen molar-refractivity contribution < 1.29 is 39.3 Å². The third-order valence-electron chi connectivity index (χ3n) is 1.75. The molecule has 0 aromatic carbocycles. The monoisotopic (exact) mass is 498 g/mol. The summed E-state index contributed by atoms with van der Waals surface area (Å²) in [5.74, 6) is -1.90. The number of carbonyl (C=O) groups excluding carboxylic acids is 4. The molecule has 0 aliphatic rings. The van der Waals surface area contributed by atoms with Gasteiger partial charge in [0.1, 0.15) is 0 Å². The molecular formula is C11H21IrN4O4S-. The first kappa shape index (κ1) is 24.9. The molecule has 0 aliphatic carbocycles. The van der Waals surface area contributed by atoms with Gasteiger partial charge in [-0.1, -0.05) is 19.6 Å². The van der Waals surface area contributed by atoms with Gasteiger partial charge in [0, 0.05) is 27.2 Å². The molecule has 4 amide bonds. The average molecular weight is 498 g/mol. The summed E-state index contributed by atoms with van der Waals surface area (Å²) in [5, 5.41) is 9.16. The van der Waals surface area contributed by atoms with E-state index in [1.165, 1.54) is 7.05 Å². The van der Waals surface area contributed by atoms with E-state index in [2.05, 4.69) is 33.9 Å². The molecule has 8 nitrogen and oxygen atoms in total. The van der Waals surface area contributed by atoms with Gasteiger partial charge in [-0.05, 0) is 0 Å². The Kier molecular flexibility index (Phi) is 20.1. The molecular weight excluding hydrogens is 476 g/mol. The second-order valence-electron chi connectivity index (χ2n) is 3.15. The Morgan fingerprint density at radius 3 is 1.43 bits per heavy atom. The zero-order valence-corrected chi connectivity index (χ0v) is 15.4. The summed E-state index contributed by atoms with van der Waals surface area (Å²) in [5.41, 5.74) is 0. The summed E-state index contributed by atoms with van der Waals surface area (Å²) < 4.78 is 0. The normalized spacial score (nSPS) is 8.19. The van der Waals surface area contributed by atoms with Gasteiger partial charge in [-0.2, -0.15) is 0 Å². The van der Waals surface area contributed by atoms with E-state index < -0.39 is 17.7 Å². The minimum Gasteiger partial charge on any atom is -0.783 e. The van der Waals surface area contributed by atoms with Crippen LogP contribution in [0, 0.1) is 0 Å². The van der Waals surface area contributed by atoms with Crippen molar-refractivity contribution in [2.24, 2.45) is 0 Å². The van der Waals surface area contributed by atoms with Crippen molar-refractivity contribution in [3.63, 3.8) is 0 Å². The van der Waals surface area contributed by atoms with E-state index in [4.69, 9.17) is 0 Å². The van der Waals surface area contributed by atoms with Crippen LogP contribution in [0.5, 0.6) is 0 Å². The first-order valence-electron chi connectivity index (χ1n) is 6.08. The molecule has 125 valence electrons. The number of hydrogen-bond acceptors (Lipinski definition) is 5. The molecule has 21 heavy (non-hydrogen) atoms. The molecule has 0 unspecified atom stereocenters. The van der Waals surface area contributed by atoms with Crippen molar-refractivity contribution in [2.45, 2.75) is 13.8 Å². The predicted molar refractivity (Wildman–Crippen MR) is 76.7 cm³/mol. The Labute approximate surface area is 143 Å². The number of amides is 4. The molecule has 1 radical (unpaired) electrons. The molecule has 0 heterocycles. The van der Waals surface area contributed by atoms with Gasteiger partial charge in [0.25, 0.3) is 0 Å². The quantitative estimate of drug-likeness (QED) is 0.294. The Morgan fingerprint density at radius 1 is 0.762 bits per heavy atom. The third kappa shape index (κ3) is 16.8. The van der Waals surface area contributed by atoms with Gasteiger partial charge in [-0.3, -0.25) is 19.2 Å². The number of nitrogens with one attached hydrogen (secondary N) is 4. The van der Waals surface area contributed by atoms with E-state index in [1.807, 2.05) is 13.8 Å². The topological polar surface area (TPSA) is 116 Å². The standard InChI is InChI=1S/C9H16N4O4S.C2H6.Ir/c1-10-6(14)2-11-7(15)3-12-8(16)4-13-9(17)5-18;1-2;/h18H,2-5H2,1H3,(H,10,14)(H,11,15)(H,12,16)(H,13,17);1-2H3;/p-1. The number of hydrogen-bond donors (Lipinski definition) is 4. The van der Waals surface area contributed by atoms with Crippen LogP contribution in [-0.4, -0.2) is 56.1 Å². The van der Waals surface area contributed by atoms with E-state index in [0.29, 0.717) is 0 Å². The molecule has 0 fully saturated rings.